The van der Waals surface area contributed by atoms with Gasteiger partial charge in [0.05, 0.1) is 0 Å². The normalized spacial score (nSPS) is 11.4. The third kappa shape index (κ3) is 4.76. The minimum Gasteiger partial charge on any atom is -0.384 e. The maximum Gasteiger partial charge on any atom is 0.405 e. The van der Waals surface area contributed by atoms with Crippen LogP contribution in [0.5, 0.6) is 0 Å². The smallest absolute Gasteiger partial charge is 0.384 e. The second-order valence-corrected chi connectivity index (χ2v) is 4.31. The van der Waals surface area contributed by atoms with Crippen LogP contribution in [-0.2, 0) is 0 Å². The molecule has 106 valence electrons. The zero-order chi connectivity index (χ0) is 14.6. The van der Waals surface area contributed by atoms with Crippen LogP contribution in [0, 0.1) is 12.3 Å². The maximum atomic E-state index is 12.5. The molecular formula is C12H17F3N4. The summed E-state index contributed by atoms with van der Waals surface area (Å²) in [6, 6.07) is 2.99. The van der Waals surface area contributed by atoms with Gasteiger partial charge in [-0.15, -0.1) is 0 Å². The molecule has 0 radical (unpaired) electrons. The Labute approximate surface area is 109 Å². The molecule has 19 heavy (non-hydrogen) atoms. The van der Waals surface area contributed by atoms with Crippen LogP contribution < -0.4 is 10.6 Å². The van der Waals surface area contributed by atoms with E-state index in [0.717, 1.165) is 4.90 Å². The van der Waals surface area contributed by atoms with Crippen molar-refractivity contribution in [2.45, 2.75) is 26.4 Å². The van der Waals surface area contributed by atoms with Crippen LogP contribution >= 0.6 is 0 Å². The molecule has 0 atom stereocenters. The average molecular weight is 274 g/mol. The average Bonchev–Trinajstić information content (AvgIpc) is 2.25. The number of rotatable bonds is 5. The number of amidine groups is 1. The molecule has 0 unspecified atom stereocenters. The van der Waals surface area contributed by atoms with Crippen LogP contribution in [0.15, 0.2) is 12.1 Å². The molecule has 7 heteroatoms. The van der Waals surface area contributed by atoms with Crippen molar-refractivity contribution in [3.8, 4) is 0 Å². The Balaban J connectivity index is 3.11. The lowest BCUT2D eigenvalue weighted by atomic mass is 10.2. The highest BCUT2D eigenvalue weighted by atomic mass is 19.4. The lowest BCUT2D eigenvalue weighted by molar-refractivity contribution is -0.119. The molecule has 0 spiro atoms. The standard InChI is InChI=1S/C12H17F3N4/c1-3-4-19(7-12(13,14)15)10-6-9(11(16)17)5-8(2)18-10/h5-6H,3-4,7H2,1-2H3,(H3,16,17). The second-order valence-electron chi connectivity index (χ2n) is 4.31. The van der Waals surface area contributed by atoms with Gasteiger partial charge in [-0.3, -0.25) is 5.41 Å². The van der Waals surface area contributed by atoms with E-state index in [2.05, 4.69) is 4.98 Å². The molecule has 3 N–H and O–H groups in total. The van der Waals surface area contributed by atoms with E-state index in [4.69, 9.17) is 11.1 Å². The molecular weight excluding hydrogens is 257 g/mol. The van der Waals surface area contributed by atoms with Gasteiger partial charge in [-0.05, 0) is 25.5 Å². The number of nitrogens with zero attached hydrogens (tertiary/aromatic N) is 2. The van der Waals surface area contributed by atoms with Gasteiger partial charge < -0.3 is 10.6 Å². The molecule has 0 bridgehead atoms. The summed E-state index contributed by atoms with van der Waals surface area (Å²) in [6.07, 6.45) is -3.72. The number of nitrogens with one attached hydrogen (secondary N) is 1. The van der Waals surface area contributed by atoms with E-state index in [1.165, 1.54) is 6.07 Å². The first-order valence-electron chi connectivity index (χ1n) is 5.87. The van der Waals surface area contributed by atoms with Crippen LogP contribution in [0.4, 0.5) is 19.0 Å². The molecule has 0 aliphatic carbocycles. The van der Waals surface area contributed by atoms with Gasteiger partial charge in [-0.1, -0.05) is 6.92 Å². The molecule has 0 aliphatic rings. The van der Waals surface area contributed by atoms with Crippen LogP contribution in [0.2, 0.25) is 0 Å². The van der Waals surface area contributed by atoms with Crippen LogP contribution in [-0.4, -0.2) is 30.1 Å². The van der Waals surface area contributed by atoms with Crippen molar-refractivity contribution < 1.29 is 13.2 Å². The van der Waals surface area contributed by atoms with E-state index in [1.54, 1.807) is 19.9 Å². The largest absolute Gasteiger partial charge is 0.405 e. The third-order valence-electron chi connectivity index (χ3n) is 2.44. The molecule has 0 saturated carbocycles. The van der Waals surface area contributed by atoms with Crippen molar-refractivity contribution in [2.24, 2.45) is 5.73 Å². The Morgan fingerprint density at radius 2 is 2.05 bits per heavy atom. The van der Waals surface area contributed by atoms with E-state index < -0.39 is 12.7 Å². The van der Waals surface area contributed by atoms with Gasteiger partial charge in [0.1, 0.15) is 18.2 Å². The van der Waals surface area contributed by atoms with Crippen molar-refractivity contribution in [3.63, 3.8) is 0 Å². The van der Waals surface area contributed by atoms with Crippen LogP contribution in [0.25, 0.3) is 0 Å². The maximum absolute atomic E-state index is 12.5. The Morgan fingerprint density at radius 1 is 1.42 bits per heavy atom. The summed E-state index contributed by atoms with van der Waals surface area (Å²) >= 11 is 0. The zero-order valence-corrected chi connectivity index (χ0v) is 10.9. The highest BCUT2D eigenvalue weighted by Gasteiger charge is 2.31. The zero-order valence-electron chi connectivity index (χ0n) is 10.9. The number of aromatic nitrogens is 1. The fourth-order valence-electron chi connectivity index (χ4n) is 1.73. The molecule has 1 aromatic heterocycles. The van der Waals surface area contributed by atoms with Gasteiger partial charge in [0, 0.05) is 17.8 Å². The highest BCUT2D eigenvalue weighted by Crippen LogP contribution is 2.22. The predicted octanol–water partition coefficient (Wildman–Crippen LogP) is 2.45. The third-order valence-corrected chi connectivity index (χ3v) is 2.44. The first kappa shape index (κ1) is 15.3. The minimum absolute atomic E-state index is 0.185. The monoisotopic (exact) mass is 274 g/mol. The van der Waals surface area contributed by atoms with Crippen LogP contribution in [0.1, 0.15) is 24.6 Å². The summed E-state index contributed by atoms with van der Waals surface area (Å²) in [4.78, 5) is 5.25. The topological polar surface area (TPSA) is 66.0 Å². The van der Waals surface area contributed by atoms with Gasteiger partial charge in [-0.2, -0.15) is 13.2 Å². The number of pyridine rings is 1. The number of alkyl halides is 3. The first-order valence-corrected chi connectivity index (χ1v) is 5.87. The fourth-order valence-corrected chi connectivity index (χ4v) is 1.73. The quantitative estimate of drug-likeness (QED) is 0.640. The van der Waals surface area contributed by atoms with Crippen molar-refractivity contribution >= 4 is 11.7 Å². The molecule has 0 amide bonds. The second kappa shape index (κ2) is 5.90. The molecule has 0 saturated heterocycles. The van der Waals surface area contributed by atoms with Crippen LogP contribution in [0.3, 0.4) is 0 Å². The van der Waals surface area contributed by atoms with E-state index in [-0.39, 0.29) is 18.2 Å². The van der Waals surface area contributed by atoms with E-state index in [1.807, 2.05) is 0 Å². The molecule has 4 nitrogen and oxygen atoms in total. The van der Waals surface area contributed by atoms with E-state index in [0.29, 0.717) is 17.7 Å². The summed E-state index contributed by atoms with van der Waals surface area (Å²) in [5.74, 6) is 0.0135. The number of halogens is 3. The Morgan fingerprint density at radius 3 is 2.53 bits per heavy atom. The molecule has 1 heterocycles. The summed E-state index contributed by atoms with van der Waals surface area (Å²) in [5.41, 5.74) is 6.28. The van der Waals surface area contributed by atoms with Crippen molar-refractivity contribution in [1.29, 1.82) is 5.41 Å². The van der Waals surface area contributed by atoms with E-state index in [9.17, 15) is 13.2 Å². The number of aryl methyl sites for hydroxylation is 1. The molecule has 1 rings (SSSR count). The number of hydrogen-bond donors (Lipinski definition) is 2. The first-order chi connectivity index (χ1) is 8.73. The Kier molecular flexibility index (Phi) is 4.74. The van der Waals surface area contributed by atoms with Gasteiger partial charge in [-0.25, -0.2) is 4.98 Å². The summed E-state index contributed by atoms with van der Waals surface area (Å²) < 4.78 is 37.6. The lowest BCUT2D eigenvalue weighted by Gasteiger charge is -2.25. The van der Waals surface area contributed by atoms with E-state index >= 15 is 0 Å². The number of nitrogen functional groups attached to an aromatic ring is 1. The SMILES string of the molecule is CCCN(CC(F)(F)F)c1cc(C(=N)N)cc(C)n1. The van der Waals surface area contributed by atoms with Gasteiger partial charge >= 0.3 is 6.18 Å². The fraction of sp³-hybridized carbons (Fsp3) is 0.500. The summed E-state index contributed by atoms with van der Waals surface area (Å²) in [6.45, 7) is 2.64. The molecule has 0 aromatic carbocycles. The number of nitrogens with two attached hydrogens (primary N) is 1. The lowest BCUT2D eigenvalue weighted by Crippen LogP contribution is -2.35. The Hall–Kier alpha value is -1.79. The summed E-state index contributed by atoms with van der Waals surface area (Å²) in [7, 11) is 0. The Bertz CT molecular complexity index is 457. The van der Waals surface area contributed by atoms with Gasteiger partial charge in [0.25, 0.3) is 0 Å². The number of hydrogen-bond acceptors (Lipinski definition) is 3. The number of anilines is 1. The van der Waals surface area contributed by atoms with Crippen molar-refractivity contribution in [1.82, 2.24) is 4.98 Å². The minimum atomic E-state index is -4.29. The predicted molar refractivity (Wildman–Crippen MR) is 68.5 cm³/mol. The van der Waals surface area contributed by atoms with Crippen molar-refractivity contribution in [3.05, 3.63) is 23.4 Å². The summed E-state index contributed by atoms with van der Waals surface area (Å²) in [5, 5.41) is 7.36. The van der Waals surface area contributed by atoms with Gasteiger partial charge in [0.15, 0.2) is 0 Å². The molecule has 1 aromatic rings. The van der Waals surface area contributed by atoms with Gasteiger partial charge in [0.2, 0.25) is 0 Å². The molecule has 0 aliphatic heterocycles. The van der Waals surface area contributed by atoms with Crippen molar-refractivity contribution in [2.75, 3.05) is 18.0 Å². The highest BCUT2D eigenvalue weighted by molar-refractivity contribution is 5.95. The molecule has 0 fully saturated rings.